The van der Waals surface area contributed by atoms with Crippen LogP contribution in [-0.2, 0) is 4.79 Å². The van der Waals surface area contributed by atoms with E-state index < -0.39 is 10.8 Å². The van der Waals surface area contributed by atoms with Crippen molar-refractivity contribution in [1.82, 2.24) is 5.43 Å². The molecule has 0 spiro atoms. The molecule has 0 saturated carbocycles. The predicted octanol–water partition coefficient (Wildman–Crippen LogP) is 4.05. The number of nitrogens with zero attached hydrogens (tertiary/aromatic N) is 2. The fourth-order valence-corrected chi connectivity index (χ4v) is 2.40. The van der Waals surface area contributed by atoms with Crippen molar-refractivity contribution in [3.05, 3.63) is 67.2 Å². The molecule has 0 atom stereocenters. The van der Waals surface area contributed by atoms with E-state index in [1.165, 1.54) is 18.3 Å². The number of hydrogen-bond acceptors (Lipinski definition) is 5. The summed E-state index contributed by atoms with van der Waals surface area (Å²) >= 11 is 11.8. The highest BCUT2D eigenvalue weighted by Crippen LogP contribution is 2.26. The Morgan fingerprint density at radius 2 is 1.92 bits per heavy atom. The highest BCUT2D eigenvalue weighted by Gasteiger charge is 2.12. The van der Waals surface area contributed by atoms with Gasteiger partial charge in [0.05, 0.1) is 11.1 Å². The van der Waals surface area contributed by atoms with Crippen LogP contribution in [0.5, 0.6) is 5.75 Å². The maximum atomic E-state index is 11.8. The van der Waals surface area contributed by atoms with Crippen LogP contribution in [0.15, 0.2) is 35.4 Å². The number of nitro benzene ring substituents is 1. The molecule has 0 fully saturated rings. The quantitative estimate of drug-likeness (QED) is 0.453. The number of hydrazone groups is 1. The molecule has 136 valence electrons. The van der Waals surface area contributed by atoms with Gasteiger partial charge < -0.3 is 4.74 Å². The molecule has 2 rings (SSSR count). The van der Waals surface area contributed by atoms with Crippen molar-refractivity contribution in [1.29, 1.82) is 0 Å². The van der Waals surface area contributed by atoms with E-state index in [2.05, 4.69) is 10.5 Å². The zero-order chi connectivity index (χ0) is 19.3. The zero-order valence-electron chi connectivity index (χ0n) is 14.0. The maximum Gasteiger partial charge on any atom is 0.288 e. The van der Waals surface area contributed by atoms with E-state index in [1.54, 1.807) is 18.2 Å². The first kappa shape index (κ1) is 19.7. The molecule has 0 aromatic heterocycles. The standard InChI is InChI=1S/C17H15Cl2N3O4/c1-10-5-13(6-11(2)17(10)19)26-9-16(23)21-20-8-12-3-4-14(18)15(7-12)22(24)25/h3-8H,9H2,1-2H3,(H,21,23). The minimum absolute atomic E-state index is 0.0261. The first-order valence-electron chi connectivity index (χ1n) is 7.43. The lowest BCUT2D eigenvalue weighted by molar-refractivity contribution is -0.384. The minimum atomic E-state index is -0.595. The number of carbonyl (C=O) groups is 1. The number of halogens is 2. The van der Waals surface area contributed by atoms with Crippen LogP contribution in [0.25, 0.3) is 0 Å². The van der Waals surface area contributed by atoms with Gasteiger partial charge in [0.15, 0.2) is 6.61 Å². The van der Waals surface area contributed by atoms with Crippen LogP contribution in [0.4, 0.5) is 5.69 Å². The summed E-state index contributed by atoms with van der Waals surface area (Å²) in [5.74, 6) is 0.0480. The number of nitrogens with one attached hydrogen (secondary N) is 1. The average molecular weight is 396 g/mol. The topological polar surface area (TPSA) is 93.8 Å². The minimum Gasteiger partial charge on any atom is -0.484 e. The van der Waals surface area contributed by atoms with Crippen LogP contribution in [-0.4, -0.2) is 23.7 Å². The SMILES string of the molecule is Cc1cc(OCC(=O)NN=Cc2ccc(Cl)c([N+](=O)[O-])c2)cc(C)c1Cl. The van der Waals surface area contributed by atoms with E-state index in [1.807, 2.05) is 13.8 Å². The van der Waals surface area contributed by atoms with E-state index in [4.69, 9.17) is 27.9 Å². The van der Waals surface area contributed by atoms with Crippen molar-refractivity contribution in [2.45, 2.75) is 13.8 Å². The Balaban J connectivity index is 1.92. The van der Waals surface area contributed by atoms with Crippen molar-refractivity contribution >= 4 is 41.0 Å². The lowest BCUT2D eigenvalue weighted by Gasteiger charge is -2.09. The van der Waals surface area contributed by atoms with Gasteiger partial charge >= 0.3 is 0 Å². The molecule has 0 saturated heterocycles. The smallest absolute Gasteiger partial charge is 0.288 e. The summed E-state index contributed by atoms with van der Waals surface area (Å²) in [6.07, 6.45) is 1.28. The van der Waals surface area contributed by atoms with Crippen LogP contribution >= 0.6 is 23.2 Å². The largest absolute Gasteiger partial charge is 0.484 e. The lowest BCUT2D eigenvalue weighted by atomic mass is 10.1. The first-order chi connectivity index (χ1) is 12.3. The molecule has 1 amide bonds. The van der Waals surface area contributed by atoms with Gasteiger partial charge in [0.2, 0.25) is 0 Å². The Morgan fingerprint density at radius 3 is 2.54 bits per heavy atom. The van der Waals surface area contributed by atoms with Gasteiger partial charge in [-0.1, -0.05) is 29.3 Å². The van der Waals surface area contributed by atoms with Crippen molar-refractivity contribution in [3.63, 3.8) is 0 Å². The third kappa shape index (κ3) is 5.18. The zero-order valence-corrected chi connectivity index (χ0v) is 15.5. The Labute approximate surface area is 159 Å². The van der Waals surface area contributed by atoms with Crippen LogP contribution < -0.4 is 10.2 Å². The lowest BCUT2D eigenvalue weighted by Crippen LogP contribution is -2.24. The third-order valence-corrected chi connectivity index (χ3v) is 4.27. The van der Waals surface area contributed by atoms with E-state index >= 15 is 0 Å². The molecular weight excluding hydrogens is 381 g/mol. The molecule has 0 aliphatic carbocycles. The van der Waals surface area contributed by atoms with Gasteiger partial charge in [-0.3, -0.25) is 14.9 Å². The Bertz CT molecular complexity index is 861. The molecular formula is C17H15Cl2N3O4. The molecule has 0 aliphatic rings. The van der Waals surface area contributed by atoms with Crippen molar-refractivity contribution in [2.24, 2.45) is 5.10 Å². The van der Waals surface area contributed by atoms with E-state index in [0.29, 0.717) is 16.3 Å². The fraction of sp³-hybridized carbons (Fsp3) is 0.176. The first-order valence-corrected chi connectivity index (χ1v) is 8.19. The normalized spacial score (nSPS) is 10.8. The van der Waals surface area contributed by atoms with Crippen molar-refractivity contribution in [2.75, 3.05) is 6.61 Å². The van der Waals surface area contributed by atoms with Crippen molar-refractivity contribution < 1.29 is 14.5 Å². The number of benzene rings is 2. The van der Waals surface area contributed by atoms with Gasteiger partial charge in [0.25, 0.3) is 11.6 Å². The Morgan fingerprint density at radius 1 is 1.27 bits per heavy atom. The average Bonchev–Trinajstić information content (AvgIpc) is 2.59. The van der Waals surface area contributed by atoms with Gasteiger partial charge in [-0.25, -0.2) is 5.43 Å². The molecule has 1 N–H and O–H groups in total. The van der Waals surface area contributed by atoms with Gasteiger partial charge in [0, 0.05) is 16.7 Å². The van der Waals surface area contributed by atoms with Crippen LogP contribution in [0.1, 0.15) is 16.7 Å². The molecule has 0 radical (unpaired) electrons. The number of carbonyl (C=O) groups excluding carboxylic acids is 1. The molecule has 9 heteroatoms. The Kier molecular flexibility index (Phi) is 6.54. The Hall–Kier alpha value is -2.64. The number of aryl methyl sites for hydroxylation is 2. The number of nitro groups is 1. The predicted molar refractivity (Wildman–Crippen MR) is 100 cm³/mol. The van der Waals surface area contributed by atoms with Crippen molar-refractivity contribution in [3.8, 4) is 5.75 Å². The molecule has 7 nitrogen and oxygen atoms in total. The van der Waals surface area contributed by atoms with E-state index in [-0.39, 0.29) is 17.3 Å². The second-order valence-electron chi connectivity index (χ2n) is 5.42. The number of hydrogen-bond donors (Lipinski definition) is 1. The molecule has 0 heterocycles. The summed E-state index contributed by atoms with van der Waals surface area (Å²) in [6, 6.07) is 7.66. The number of ether oxygens (including phenoxy) is 1. The highest BCUT2D eigenvalue weighted by molar-refractivity contribution is 6.32. The van der Waals surface area contributed by atoms with Crippen LogP contribution in [0, 0.1) is 24.0 Å². The van der Waals surface area contributed by atoms with Gasteiger partial charge in [-0.15, -0.1) is 0 Å². The molecule has 0 bridgehead atoms. The molecule has 26 heavy (non-hydrogen) atoms. The maximum absolute atomic E-state index is 11.8. The summed E-state index contributed by atoms with van der Waals surface area (Å²) in [7, 11) is 0. The van der Waals surface area contributed by atoms with Crippen LogP contribution in [0.3, 0.4) is 0 Å². The number of rotatable bonds is 6. The second kappa shape index (κ2) is 8.64. The molecule has 0 unspecified atom stereocenters. The summed E-state index contributed by atoms with van der Waals surface area (Å²) in [5.41, 5.74) is 4.17. The summed E-state index contributed by atoms with van der Waals surface area (Å²) in [5, 5.41) is 15.3. The fourth-order valence-electron chi connectivity index (χ4n) is 2.10. The highest BCUT2D eigenvalue weighted by atomic mass is 35.5. The van der Waals surface area contributed by atoms with Gasteiger partial charge in [-0.05, 0) is 43.2 Å². The van der Waals surface area contributed by atoms with E-state index in [0.717, 1.165) is 11.1 Å². The van der Waals surface area contributed by atoms with Gasteiger partial charge in [0.1, 0.15) is 10.8 Å². The summed E-state index contributed by atoms with van der Waals surface area (Å²) in [6.45, 7) is 3.45. The second-order valence-corrected chi connectivity index (χ2v) is 6.21. The molecule has 0 aliphatic heterocycles. The molecule has 2 aromatic rings. The third-order valence-electron chi connectivity index (χ3n) is 3.35. The van der Waals surface area contributed by atoms with Gasteiger partial charge in [-0.2, -0.15) is 5.10 Å². The summed E-state index contributed by atoms with van der Waals surface area (Å²) in [4.78, 5) is 22.0. The number of amides is 1. The van der Waals surface area contributed by atoms with E-state index in [9.17, 15) is 14.9 Å². The monoisotopic (exact) mass is 395 g/mol. The van der Waals surface area contributed by atoms with Crippen LogP contribution in [0.2, 0.25) is 10.0 Å². The summed E-state index contributed by atoms with van der Waals surface area (Å²) < 4.78 is 5.40. The molecule has 2 aromatic carbocycles.